The molecule has 2 fully saturated rings. The van der Waals surface area contributed by atoms with Gasteiger partial charge in [-0.15, -0.1) is 0 Å². The van der Waals surface area contributed by atoms with E-state index in [-0.39, 0.29) is 4.90 Å². The number of hydrazine groups is 1. The van der Waals surface area contributed by atoms with E-state index in [1.807, 2.05) is 0 Å². The van der Waals surface area contributed by atoms with Gasteiger partial charge in [0.25, 0.3) is 0 Å². The quantitative estimate of drug-likeness (QED) is 0.582. The van der Waals surface area contributed by atoms with Crippen molar-refractivity contribution in [2.45, 2.75) is 30.6 Å². The molecule has 0 aliphatic heterocycles. The lowest BCUT2D eigenvalue weighted by Gasteiger charge is -2.22. The van der Waals surface area contributed by atoms with E-state index in [9.17, 15) is 8.42 Å². The number of hydrogen-bond donors (Lipinski definition) is 2. The van der Waals surface area contributed by atoms with Gasteiger partial charge in [-0.1, -0.05) is 0 Å². The zero-order valence-electron chi connectivity index (χ0n) is 11.3. The number of nitrogens with zero attached hydrogens (tertiary/aromatic N) is 2. The van der Waals surface area contributed by atoms with E-state index < -0.39 is 10.0 Å². The first kappa shape index (κ1) is 13.8. The number of anilines is 1. The van der Waals surface area contributed by atoms with E-state index in [0.29, 0.717) is 30.7 Å². The van der Waals surface area contributed by atoms with Crippen LogP contribution in [0.5, 0.6) is 0 Å². The molecule has 2 saturated carbocycles. The predicted octanol–water partition coefficient (Wildman–Crippen LogP) is 1.18. The third-order valence-corrected chi connectivity index (χ3v) is 5.66. The minimum Gasteiger partial charge on any atom is -0.308 e. The number of nitrogen functional groups attached to an aromatic ring is 1. The Balaban J connectivity index is 1.84. The van der Waals surface area contributed by atoms with Crippen molar-refractivity contribution in [1.82, 2.24) is 9.29 Å². The fourth-order valence-corrected chi connectivity index (χ4v) is 3.85. The Morgan fingerprint density at radius 1 is 1.25 bits per heavy atom. The van der Waals surface area contributed by atoms with Crippen molar-refractivity contribution >= 4 is 15.8 Å². The first-order chi connectivity index (χ1) is 9.59. The molecular weight excluding hydrogens is 276 g/mol. The van der Waals surface area contributed by atoms with Crippen LogP contribution < -0.4 is 11.3 Å². The summed E-state index contributed by atoms with van der Waals surface area (Å²) < 4.78 is 27.2. The van der Waals surface area contributed by atoms with Crippen molar-refractivity contribution in [2.75, 3.05) is 18.5 Å². The Morgan fingerprint density at radius 3 is 2.35 bits per heavy atom. The molecule has 20 heavy (non-hydrogen) atoms. The van der Waals surface area contributed by atoms with Crippen LogP contribution in [0.1, 0.15) is 25.7 Å². The Morgan fingerprint density at radius 2 is 1.85 bits per heavy atom. The minimum atomic E-state index is -3.45. The van der Waals surface area contributed by atoms with Crippen LogP contribution in [0.25, 0.3) is 0 Å². The highest BCUT2D eigenvalue weighted by Gasteiger charge is 2.35. The summed E-state index contributed by atoms with van der Waals surface area (Å²) in [5.74, 6) is 6.74. The maximum atomic E-state index is 12.8. The molecule has 0 amide bonds. The van der Waals surface area contributed by atoms with E-state index in [1.165, 1.54) is 18.3 Å². The van der Waals surface area contributed by atoms with Gasteiger partial charge >= 0.3 is 0 Å². The van der Waals surface area contributed by atoms with E-state index in [1.54, 1.807) is 4.31 Å². The van der Waals surface area contributed by atoms with Crippen LogP contribution in [-0.4, -0.2) is 30.8 Å². The molecule has 0 saturated heterocycles. The molecule has 0 aromatic carbocycles. The van der Waals surface area contributed by atoms with Crippen molar-refractivity contribution < 1.29 is 8.42 Å². The molecule has 3 N–H and O–H groups in total. The van der Waals surface area contributed by atoms with E-state index in [4.69, 9.17) is 5.84 Å². The van der Waals surface area contributed by atoms with Gasteiger partial charge in [-0.3, -0.25) is 0 Å². The number of pyridine rings is 1. The molecular formula is C13H20N4O2S. The van der Waals surface area contributed by atoms with Crippen molar-refractivity contribution in [3.63, 3.8) is 0 Å². The zero-order chi connectivity index (χ0) is 14.2. The molecule has 0 atom stereocenters. The summed E-state index contributed by atoms with van der Waals surface area (Å²) in [7, 11) is -3.45. The fraction of sp³-hybridized carbons (Fsp3) is 0.615. The summed E-state index contributed by atoms with van der Waals surface area (Å²) in [5, 5.41) is 0. The molecule has 1 aromatic heterocycles. The predicted molar refractivity (Wildman–Crippen MR) is 76.3 cm³/mol. The third kappa shape index (κ3) is 3.11. The van der Waals surface area contributed by atoms with Crippen molar-refractivity contribution in [1.29, 1.82) is 0 Å². The molecule has 6 nitrogen and oxygen atoms in total. The van der Waals surface area contributed by atoms with Crippen molar-refractivity contribution in [2.24, 2.45) is 17.7 Å². The van der Waals surface area contributed by atoms with Gasteiger partial charge in [-0.25, -0.2) is 19.2 Å². The number of sulfonamides is 1. The van der Waals surface area contributed by atoms with Crippen LogP contribution in [0.4, 0.5) is 5.82 Å². The molecule has 2 aliphatic carbocycles. The third-order valence-electron chi connectivity index (χ3n) is 3.83. The lowest BCUT2D eigenvalue weighted by atomic mass is 10.4. The van der Waals surface area contributed by atoms with Gasteiger partial charge in [0, 0.05) is 25.4 Å². The van der Waals surface area contributed by atoms with Crippen LogP contribution >= 0.6 is 0 Å². The number of rotatable bonds is 7. The molecule has 3 rings (SSSR count). The topological polar surface area (TPSA) is 88.3 Å². The summed E-state index contributed by atoms with van der Waals surface area (Å²) in [6.07, 6.45) is 6.03. The van der Waals surface area contributed by atoms with E-state index in [2.05, 4.69) is 10.4 Å². The lowest BCUT2D eigenvalue weighted by molar-refractivity contribution is 0.382. The highest BCUT2D eigenvalue weighted by Crippen LogP contribution is 2.36. The molecule has 1 heterocycles. The second kappa shape index (κ2) is 5.31. The largest absolute Gasteiger partial charge is 0.308 e. The molecule has 0 bridgehead atoms. The van der Waals surface area contributed by atoms with E-state index >= 15 is 0 Å². The van der Waals surface area contributed by atoms with Gasteiger partial charge in [0.05, 0.1) is 4.90 Å². The van der Waals surface area contributed by atoms with Crippen LogP contribution in [0.3, 0.4) is 0 Å². The summed E-state index contributed by atoms with van der Waals surface area (Å²) in [4.78, 5) is 4.22. The van der Waals surface area contributed by atoms with Gasteiger partial charge < -0.3 is 5.43 Å². The summed E-state index contributed by atoms with van der Waals surface area (Å²) >= 11 is 0. The standard InChI is InChI=1S/C13H20N4O2S/c14-16-13-7-12(5-6-15-13)20(18,19)17(8-10-1-2-10)9-11-3-4-11/h5-7,10-11H,1-4,8-9,14H2,(H,15,16). The number of hydrogen-bond acceptors (Lipinski definition) is 5. The molecule has 7 heteroatoms. The van der Waals surface area contributed by atoms with Gasteiger partial charge in [0.15, 0.2) is 0 Å². The number of nitrogens with two attached hydrogens (primary N) is 1. The minimum absolute atomic E-state index is 0.266. The monoisotopic (exact) mass is 296 g/mol. The van der Waals surface area contributed by atoms with Crippen LogP contribution in [0.2, 0.25) is 0 Å². The van der Waals surface area contributed by atoms with Gasteiger partial charge in [-0.05, 0) is 43.6 Å². The Bertz CT molecular complexity index is 568. The smallest absolute Gasteiger partial charge is 0.243 e. The second-order valence-corrected chi connectivity index (χ2v) is 7.67. The molecule has 0 spiro atoms. The molecule has 2 aliphatic rings. The number of nitrogens with one attached hydrogen (secondary N) is 1. The van der Waals surface area contributed by atoms with Crippen LogP contribution in [0.15, 0.2) is 23.2 Å². The summed E-state index contributed by atoms with van der Waals surface area (Å²) in [6, 6.07) is 3.02. The molecule has 110 valence electrons. The summed E-state index contributed by atoms with van der Waals surface area (Å²) in [6.45, 7) is 1.29. The first-order valence-electron chi connectivity index (χ1n) is 7.02. The van der Waals surface area contributed by atoms with Gasteiger partial charge in [0.2, 0.25) is 10.0 Å². The van der Waals surface area contributed by atoms with Gasteiger partial charge in [0.1, 0.15) is 5.82 Å². The Labute approximate surface area is 119 Å². The molecule has 1 aromatic rings. The molecule has 0 radical (unpaired) electrons. The maximum Gasteiger partial charge on any atom is 0.243 e. The Kier molecular flexibility index (Phi) is 3.66. The SMILES string of the molecule is NNc1cc(S(=O)(=O)N(CC2CC2)CC2CC2)ccn1. The number of aromatic nitrogens is 1. The normalized spacial score (nSPS) is 19.3. The average molecular weight is 296 g/mol. The van der Waals surface area contributed by atoms with Crippen molar-refractivity contribution in [3.8, 4) is 0 Å². The van der Waals surface area contributed by atoms with Crippen LogP contribution in [-0.2, 0) is 10.0 Å². The highest BCUT2D eigenvalue weighted by atomic mass is 32.2. The lowest BCUT2D eigenvalue weighted by Crippen LogP contribution is -2.34. The van der Waals surface area contributed by atoms with Crippen LogP contribution in [0, 0.1) is 11.8 Å². The average Bonchev–Trinajstić information content (AvgIpc) is 3.33. The van der Waals surface area contributed by atoms with Crippen molar-refractivity contribution in [3.05, 3.63) is 18.3 Å². The molecule has 0 unspecified atom stereocenters. The Hall–Kier alpha value is -1.18. The zero-order valence-corrected chi connectivity index (χ0v) is 12.1. The maximum absolute atomic E-state index is 12.8. The summed E-state index contributed by atoms with van der Waals surface area (Å²) in [5.41, 5.74) is 2.39. The second-order valence-electron chi connectivity index (χ2n) is 5.73. The van der Waals surface area contributed by atoms with Gasteiger partial charge in [-0.2, -0.15) is 4.31 Å². The fourth-order valence-electron chi connectivity index (χ4n) is 2.25. The first-order valence-corrected chi connectivity index (χ1v) is 8.46. The highest BCUT2D eigenvalue weighted by molar-refractivity contribution is 7.89. The van der Waals surface area contributed by atoms with E-state index in [0.717, 1.165) is 25.7 Å².